The van der Waals surface area contributed by atoms with Crippen LogP contribution in [0.4, 0.5) is 0 Å². The second-order valence-electron chi connectivity index (χ2n) is 5.32. The van der Waals surface area contributed by atoms with Crippen LogP contribution in [0.15, 0.2) is 30.3 Å². The Morgan fingerprint density at radius 3 is 2.76 bits per heavy atom. The van der Waals surface area contributed by atoms with Crippen LogP contribution in [-0.4, -0.2) is 30.1 Å². The van der Waals surface area contributed by atoms with Gasteiger partial charge in [-0.15, -0.1) is 0 Å². The third-order valence-corrected chi connectivity index (χ3v) is 3.49. The Morgan fingerprint density at radius 1 is 1.29 bits per heavy atom. The summed E-state index contributed by atoms with van der Waals surface area (Å²) in [5, 5.41) is 3.56. The van der Waals surface area contributed by atoms with Gasteiger partial charge < -0.3 is 5.32 Å². The summed E-state index contributed by atoms with van der Waals surface area (Å²) in [6.07, 6.45) is 2.68. The number of benzene rings is 1. The molecule has 0 aliphatic carbocycles. The summed E-state index contributed by atoms with van der Waals surface area (Å²) < 4.78 is 0. The maximum atomic E-state index is 3.56. The van der Waals surface area contributed by atoms with E-state index in [1.54, 1.807) is 0 Å². The zero-order chi connectivity index (χ0) is 12.1. The first-order valence-electron chi connectivity index (χ1n) is 6.77. The first-order chi connectivity index (χ1) is 8.25. The van der Waals surface area contributed by atoms with Crippen LogP contribution in [0.1, 0.15) is 32.3 Å². The van der Waals surface area contributed by atoms with E-state index in [0.717, 1.165) is 19.1 Å². The molecular formula is C15H24N2. The van der Waals surface area contributed by atoms with Gasteiger partial charge in [0.2, 0.25) is 0 Å². The minimum Gasteiger partial charge on any atom is -0.313 e. The van der Waals surface area contributed by atoms with Crippen molar-refractivity contribution in [3.05, 3.63) is 35.9 Å². The van der Waals surface area contributed by atoms with E-state index in [1.165, 1.54) is 24.9 Å². The highest BCUT2D eigenvalue weighted by molar-refractivity contribution is 5.14. The van der Waals surface area contributed by atoms with Crippen LogP contribution in [0.3, 0.4) is 0 Å². The summed E-state index contributed by atoms with van der Waals surface area (Å²) in [6, 6.07) is 12.1. The van der Waals surface area contributed by atoms with Gasteiger partial charge in [-0.1, -0.05) is 44.2 Å². The van der Waals surface area contributed by atoms with Crippen molar-refractivity contribution in [1.82, 2.24) is 10.2 Å². The van der Waals surface area contributed by atoms with Crippen molar-refractivity contribution in [1.29, 1.82) is 0 Å². The van der Waals surface area contributed by atoms with Gasteiger partial charge >= 0.3 is 0 Å². The maximum absolute atomic E-state index is 3.56. The summed E-state index contributed by atoms with van der Waals surface area (Å²) >= 11 is 0. The van der Waals surface area contributed by atoms with Crippen LogP contribution < -0.4 is 5.32 Å². The van der Waals surface area contributed by atoms with Crippen LogP contribution in [0.2, 0.25) is 0 Å². The largest absolute Gasteiger partial charge is 0.313 e. The Hall–Kier alpha value is -0.860. The second-order valence-corrected chi connectivity index (χ2v) is 5.32. The lowest BCUT2D eigenvalue weighted by molar-refractivity contribution is 0.236. The molecule has 0 unspecified atom stereocenters. The monoisotopic (exact) mass is 232 g/mol. The molecule has 1 aromatic carbocycles. The van der Waals surface area contributed by atoms with Crippen LogP contribution in [0, 0.1) is 0 Å². The minimum absolute atomic E-state index is 0.592. The Labute approximate surface area is 105 Å². The van der Waals surface area contributed by atoms with Gasteiger partial charge in [0.05, 0.1) is 0 Å². The van der Waals surface area contributed by atoms with Gasteiger partial charge in [-0.2, -0.15) is 0 Å². The molecule has 0 amide bonds. The van der Waals surface area contributed by atoms with Crippen LogP contribution in [0.5, 0.6) is 0 Å². The van der Waals surface area contributed by atoms with E-state index in [1.807, 2.05) is 0 Å². The van der Waals surface area contributed by atoms with E-state index in [0.29, 0.717) is 6.04 Å². The first kappa shape index (κ1) is 12.6. The summed E-state index contributed by atoms with van der Waals surface area (Å²) in [4.78, 5) is 2.62. The van der Waals surface area contributed by atoms with E-state index in [-0.39, 0.29) is 0 Å². The third-order valence-electron chi connectivity index (χ3n) is 3.49. The van der Waals surface area contributed by atoms with Crippen molar-refractivity contribution in [2.45, 2.75) is 45.3 Å². The SMILES string of the molecule is CC(C)NC[C@H]1CCCN1Cc1ccccc1. The molecule has 0 saturated carbocycles. The van der Waals surface area contributed by atoms with Crippen molar-refractivity contribution < 1.29 is 0 Å². The van der Waals surface area contributed by atoms with Gasteiger partial charge in [0.1, 0.15) is 0 Å². The van der Waals surface area contributed by atoms with E-state index in [2.05, 4.69) is 54.4 Å². The van der Waals surface area contributed by atoms with Crippen molar-refractivity contribution >= 4 is 0 Å². The first-order valence-corrected chi connectivity index (χ1v) is 6.77. The number of nitrogens with zero attached hydrogens (tertiary/aromatic N) is 1. The number of hydrogen-bond donors (Lipinski definition) is 1. The molecule has 17 heavy (non-hydrogen) atoms. The van der Waals surface area contributed by atoms with E-state index >= 15 is 0 Å². The van der Waals surface area contributed by atoms with E-state index < -0.39 is 0 Å². The highest BCUT2D eigenvalue weighted by atomic mass is 15.2. The highest BCUT2D eigenvalue weighted by Gasteiger charge is 2.23. The smallest absolute Gasteiger partial charge is 0.0237 e. The Balaban J connectivity index is 1.87. The quantitative estimate of drug-likeness (QED) is 0.839. The molecular weight excluding hydrogens is 208 g/mol. The molecule has 1 aliphatic rings. The third kappa shape index (κ3) is 3.83. The topological polar surface area (TPSA) is 15.3 Å². The molecule has 94 valence electrons. The molecule has 2 heteroatoms. The Bertz CT molecular complexity index is 321. The normalized spacial score (nSPS) is 21.2. The van der Waals surface area contributed by atoms with Crippen molar-refractivity contribution in [3.63, 3.8) is 0 Å². The van der Waals surface area contributed by atoms with Crippen molar-refractivity contribution in [2.24, 2.45) is 0 Å². The molecule has 1 aromatic rings. The van der Waals surface area contributed by atoms with Gasteiger partial charge in [-0.05, 0) is 24.9 Å². The minimum atomic E-state index is 0.592. The molecule has 2 rings (SSSR count). The molecule has 1 heterocycles. The van der Waals surface area contributed by atoms with Crippen molar-refractivity contribution in [3.8, 4) is 0 Å². The Morgan fingerprint density at radius 2 is 2.06 bits per heavy atom. The summed E-state index contributed by atoms with van der Waals surface area (Å²) in [7, 11) is 0. The molecule has 0 radical (unpaired) electrons. The van der Waals surface area contributed by atoms with Crippen LogP contribution >= 0.6 is 0 Å². The molecule has 1 atom stereocenters. The van der Waals surface area contributed by atoms with E-state index in [4.69, 9.17) is 0 Å². The van der Waals surface area contributed by atoms with Crippen LogP contribution in [-0.2, 0) is 6.54 Å². The van der Waals surface area contributed by atoms with Gasteiger partial charge in [0.15, 0.2) is 0 Å². The molecule has 1 saturated heterocycles. The lowest BCUT2D eigenvalue weighted by Crippen LogP contribution is -2.39. The molecule has 1 aliphatic heterocycles. The number of rotatable bonds is 5. The predicted octanol–water partition coefficient (Wildman–Crippen LogP) is 2.65. The fourth-order valence-electron chi connectivity index (χ4n) is 2.52. The fourth-order valence-corrected chi connectivity index (χ4v) is 2.52. The summed E-state index contributed by atoms with van der Waals surface area (Å²) in [5.41, 5.74) is 1.43. The van der Waals surface area contributed by atoms with Gasteiger partial charge in [-0.25, -0.2) is 0 Å². The molecule has 1 fully saturated rings. The van der Waals surface area contributed by atoms with Crippen molar-refractivity contribution in [2.75, 3.05) is 13.1 Å². The zero-order valence-corrected chi connectivity index (χ0v) is 11.0. The van der Waals surface area contributed by atoms with Gasteiger partial charge in [0.25, 0.3) is 0 Å². The molecule has 0 bridgehead atoms. The fraction of sp³-hybridized carbons (Fsp3) is 0.600. The second kappa shape index (κ2) is 6.18. The number of likely N-dealkylation sites (tertiary alicyclic amines) is 1. The average Bonchev–Trinajstić information content (AvgIpc) is 2.75. The molecule has 0 aromatic heterocycles. The van der Waals surface area contributed by atoms with E-state index in [9.17, 15) is 0 Å². The highest BCUT2D eigenvalue weighted by Crippen LogP contribution is 2.19. The predicted molar refractivity (Wildman–Crippen MR) is 73.0 cm³/mol. The summed E-state index contributed by atoms with van der Waals surface area (Å²) in [6.45, 7) is 7.92. The van der Waals surface area contributed by atoms with Gasteiger partial charge in [-0.3, -0.25) is 4.90 Å². The standard InChI is InChI=1S/C15H24N2/c1-13(2)16-11-15-9-6-10-17(15)12-14-7-4-3-5-8-14/h3-5,7-8,13,15-16H,6,9-12H2,1-2H3/t15-/m1/s1. The Kier molecular flexibility index (Phi) is 4.57. The summed E-state index contributed by atoms with van der Waals surface area (Å²) in [5.74, 6) is 0. The number of hydrogen-bond acceptors (Lipinski definition) is 2. The molecule has 1 N–H and O–H groups in total. The lowest BCUT2D eigenvalue weighted by atomic mass is 10.1. The lowest BCUT2D eigenvalue weighted by Gasteiger charge is -2.25. The average molecular weight is 232 g/mol. The van der Waals surface area contributed by atoms with Crippen LogP contribution in [0.25, 0.3) is 0 Å². The molecule has 2 nitrogen and oxygen atoms in total. The number of nitrogens with one attached hydrogen (secondary N) is 1. The molecule has 0 spiro atoms. The maximum Gasteiger partial charge on any atom is 0.0237 e. The van der Waals surface area contributed by atoms with Gasteiger partial charge in [0, 0.05) is 25.2 Å². The zero-order valence-electron chi connectivity index (χ0n) is 11.0.